The molecule has 28 heavy (non-hydrogen) atoms. The maximum Gasteiger partial charge on any atom is 0.154 e. The van der Waals surface area contributed by atoms with Gasteiger partial charge < -0.3 is 9.47 Å². The van der Waals surface area contributed by atoms with Crippen LogP contribution in [-0.2, 0) is 15.9 Å². The lowest BCUT2D eigenvalue weighted by atomic mass is 9.74. The standard InChI is InChI=1S/C17H24O.C6H14O2.C2H4/c1-2-6-16-9-3-4-10-17(16)12-14-7-5-8-15(11-14)13-18;1-4-7-6(3)8-5-2;1-2/h5,7-8,11,13,16-17H,2-4,6,9-10,12H2,1H3;6H,4-5H2,1-3H3;1-2H2. The number of hydrogen-bond acceptors (Lipinski definition) is 3. The van der Waals surface area contributed by atoms with E-state index in [1.54, 1.807) is 0 Å². The summed E-state index contributed by atoms with van der Waals surface area (Å²) in [6, 6.07) is 8.13. The maximum atomic E-state index is 10.8. The molecule has 0 spiro atoms. The summed E-state index contributed by atoms with van der Waals surface area (Å²) in [5, 5.41) is 0. The molecule has 2 rings (SSSR count). The van der Waals surface area contributed by atoms with Crippen molar-refractivity contribution in [1.82, 2.24) is 0 Å². The predicted octanol–water partition coefficient (Wildman–Crippen LogP) is 6.86. The van der Waals surface area contributed by atoms with E-state index in [2.05, 4.69) is 32.2 Å². The first-order valence-corrected chi connectivity index (χ1v) is 10.9. The average molecular weight is 391 g/mol. The lowest BCUT2D eigenvalue weighted by Gasteiger charge is -2.31. The first-order chi connectivity index (χ1) is 13.6. The van der Waals surface area contributed by atoms with Crippen LogP contribution in [0.2, 0.25) is 0 Å². The van der Waals surface area contributed by atoms with Gasteiger partial charge in [-0.2, -0.15) is 0 Å². The quantitative estimate of drug-likeness (QED) is 0.262. The summed E-state index contributed by atoms with van der Waals surface area (Å²) in [7, 11) is 0. The zero-order valence-corrected chi connectivity index (χ0v) is 18.6. The highest BCUT2D eigenvalue weighted by molar-refractivity contribution is 5.74. The minimum absolute atomic E-state index is 0.0370. The fraction of sp³-hybridized carbons (Fsp3) is 0.640. The SMILES string of the molecule is C=C.CCCC1CCCCC1Cc1cccc(C=O)c1.CCOC(C)OCC. The van der Waals surface area contributed by atoms with Crippen LogP contribution >= 0.6 is 0 Å². The number of carbonyl (C=O) groups is 1. The van der Waals surface area contributed by atoms with Gasteiger partial charge in [0.25, 0.3) is 0 Å². The molecule has 0 radical (unpaired) electrons. The topological polar surface area (TPSA) is 35.5 Å². The van der Waals surface area contributed by atoms with Gasteiger partial charge in [0, 0.05) is 18.8 Å². The van der Waals surface area contributed by atoms with E-state index < -0.39 is 0 Å². The second-order valence-electron chi connectivity index (χ2n) is 7.14. The molecule has 3 nitrogen and oxygen atoms in total. The summed E-state index contributed by atoms with van der Waals surface area (Å²) in [5.41, 5.74) is 2.16. The fourth-order valence-corrected chi connectivity index (χ4v) is 3.92. The summed E-state index contributed by atoms with van der Waals surface area (Å²) >= 11 is 0. The first-order valence-electron chi connectivity index (χ1n) is 10.9. The third kappa shape index (κ3) is 11.4. The van der Waals surface area contributed by atoms with Gasteiger partial charge in [0.2, 0.25) is 0 Å². The molecular weight excluding hydrogens is 348 g/mol. The minimum Gasteiger partial charge on any atom is -0.353 e. The van der Waals surface area contributed by atoms with Crippen LogP contribution in [-0.4, -0.2) is 25.8 Å². The van der Waals surface area contributed by atoms with E-state index >= 15 is 0 Å². The summed E-state index contributed by atoms with van der Waals surface area (Å²) < 4.78 is 10.1. The highest BCUT2D eigenvalue weighted by Crippen LogP contribution is 2.35. The van der Waals surface area contributed by atoms with E-state index in [1.807, 2.05) is 32.9 Å². The Kier molecular flexibility index (Phi) is 16.7. The fourth-order valence-electron chi connectivity index (χ4n) is 3.92. The average Bonchev–Trinajstić information content (AvgIpc) is 2.72. The van der Waals surface area contributed by atoms with Gasteiger partial charge >= 0.3 is 0 Å². The van der Waals surface area contributed by atoms with Crippen LogP contribution in [0.1, 0.15) is 82.1 Å². The number of ether oxygens (including phenoxy) is 2. The number of benzene rings is 1. The van der Waals surface area contributed by atoms with Crippen molar-refractivity contribution in [3.8, 4) is 0 Å². The van der Waals surface area contributed by atoms with Crippen LogP contribution in [0.5, 0.6) is 0 Å². The van der Waals surface area contributed by atoms with Crippen molar-refractivity contribution in [1.29, 1.82) is 0 Å². The molecular formula is C25H42O3. The molecule has 1 aromatic carbocycles. The molecule has 1 fully saturated rings. The first kappa shape index (κ1) is 26.6. The molecule has 0 N–H and O–H groups in total. The van der Waals surface area contributed by atoms with Crippen molar-refractivity contribution in [2.75, 3.05) is 13.2 Å². The number of aldehydes is 1. The van der Waals surface area contributed by atoms with E-state index in [1.165, 1.54) is 44.1 Å². The monoisotopic (exact) mass is 390 g/mol. The largest absolute Gasteiger partial charge is 0.353 e. The molecule has 1 saturated carbocycles. The normalized spacial score (nSPS) is 18.5. The predicted molar refractivity (Wildman–Crippen MR) is 120 cm³/mol. The Morgan fingerprint density at radius 2 is 1.68 bits per heavy atom. The van der Waals surface area contributed by atoms with Crippen molar-refractivity contribution in [2.45, 2.75) is 78.9 Å². The van der Waals surface area contributed by atoms with Crippen molar-refractivity contribution < 1.29 is 14.3 Å². The van der Waals surface area contributed by atoms with Gasteiger partial charge in [-0.1, -0.05) is 57.2 Å². The summed E-state index contributed by atoms with van der Waals surface area (Å²) in [5.74, 6) is 1.74. The highest BCUT2D eigenvalue weighted by atomic mass is 16.7. The third-order valence-corrected chi connectivity index (χ3v) is 5.11. The van der Waals surface area contributed by atoms with Crippen molar-refractivity contribution in [3.05, 3.63) is 48.6 Å². The Hall–Kier alpha value is -1.45. The molecule has 2 unspecified atom stereocenters. The molecule has 0 saturated heterocycles. The van der Waals surface area contributed by atoms with Crippen LogP contribution < -0.4 is 0 Å². The molecule has 1 aliphatic rings. The van der Waals surface area contributed by atoms with Gasteiger partial charge in [-0.3, -0.25) is 4.79 Å². The Bertz CT molecular complexity index is 492. The number of hydrogen-bond donors (Lipinski definition) is 0. The van der Waals surface area contributed by atoms with Crippen LogP contribution in [0.25, 0.3) is 0 Å². The zero-order chi connectivity index (χ0) is 21.2. The van der Waals surface area contributed by atoms with Gasteiger partial charge in [-0.05, 0) is 57.1 Å². The van der Waals surface area contributed by atoms with Gasteiger partial charge in [0.15, 0.2) is 6.29 Å². The third-order valence-electron chi connectivity index (χ3n) is 5.11. The van der Waals surface area contributed by atoms with E-state index in [0.717, 1.165) is 43.3 Å². The summed E-state index contributed by atoms with van der Waals surface area (Å²) in [6.07, 6.45) is 10.3. The lowest BCUT2D eigenvalue weighted by molar-refractivity contribution is -0.123. The van der Waals surface area contributed by atoms with Gasteiger partial charge in [0.05, 0.1) is 0 Å². The van der Waals surface area contributed by atoms with E-state index in [-0.39, 0.29) is 6.29 Å². The molecule has 0 bridgehead atoms. The van der Waals surface area contributed by atoms with Gasteiger partial charge in [-0.15, -0.1) is 13.2 Å². The zero-order valence-electron chi connectivity index (χ0n) is 18.6. The Morgan fingerprint density at radius 3 is 2.21 bits per heavy atom. The molecule has 0 aliphatic heterocycles. The maximum absolute atomic E-state index is 10.8. The number of rotatable bonds is 9. The van der Waals surface area contributed by atoms with Crippen molar-refractivity contribution in [3.63, 3.8) is 0 Å². The van der Waals surface area contributed by atoms with E-state index in [9.17, 15) is 4.79 Å². The van der Waals surface area contributed by atoms with Crippen LogP contribution in [0.15, 0.2) is 37.4 Å². The molecule has 2 atom stereocenters. The Morgan fingerprint density at radius 1 is 1.07 bits per heavy atom. The Labute approximate surface area is 173 Å². The molecule has 1 aromatic rings. The lowest BCUT2D eigenvalue weighted by Crippen LogP contribution is -2.21. The van der Waals surface area contributed by atoms with E-state index in [0.29, 0.717) is 0 Å². The molecule has 0 aromatic heterocycles. The molecule has 0 amide bonds. The molecule has 0 heterocycles. The van der Waals surface area contributed by atoms with Gasteiger partial charge in [-0.25, -0.2) is 0 Å². The van der Waals surface area contributed by atoms with E-state index in [4.69, 9.17) is 9.47 Å². The molecule has 3 heteroatoms. The van der Waals surface area contributed by atoms with Gasteiger partial charge in [0.1, 0.15) is 6.29 Å². The molecule has 160 valence electrons. The van der Waals surface area contributed by atoms with Crippen LogP contribution in [0.3, 0.4) is 0 Å². The van der Waals surface area contributed by atoms with Crippen molar-refractivity contribution in [2.24, 2.45) is 11.8 Å². The second kappa shape index (κ2) is 17.6. The highest BCUT2D eigenvalue weighted by Gasteiger charge is 2.24. The number of carbonyl (C=O) groups excluding carboxylic acids is 1. The van der Waals surface area contributed by atoms with Crippen molar-refractivity contribution >= 4 is 6.29 Å². The van der Waals surface area contributed by atoms with Crippen LogP contribution in [0, 0.1) is 11.8 Å². The summed E-state index contributed by atoms with van der Waals surface area (Å²) in [4.78, 5) is 10.8. The smallest absolute Gasteiger partial charge is 0.154 e. The second-order valence-corrected chi connectivity index (χ2v) is 7.14. The summed E-state index contributed by atoms with van der Waals surface area (Å²) in [6.45, 7) is 15.5. The Balaban J connectivity index is 0.000000618. The van der Waals surface area contributed by atoms with Crippen LogP contribution in [0.4, 0.5) is 0 Å². The minimum atomic E-state index is -0.0370. The molecule has 1 aliphatic carbocycles.